The van der Waals surface area contributed by atoms with E-state index in [2.05, 4.69) is 15.3 Å². The molecule has 0 spiro atoms. The molecule has 0 aromatic carbocycles. The lowest BCUT2D eigenvalue weighted by atomic mass is 10.1. The number of rotatable bonds is 6. The smallest absolute Gasteiger partial charge is 0.225 e. The third-order valence-corrected chi connectivity index (χ3v) is 4.42. The summed E-state index contributed by atoms with van der Waals surface area (Å²) in [5, 5.41) is 7.16. The number of nitrogens with one attached hydrogen (secondary N) is 1. The van der Waals surface area contributed by atoms with Crippen LogP contribution in [0.15, 0.2) is 24.5 Å². The van der Waals surface area contributed by atoms with E-state index in [1.54, 1.807) is 4.68 Å². The van der Waals surface area contributed by atoms with E-state index in [9.17, 15) is 4.79 Å². The Morgan fingerprint density at radius 1 is 1.52 bits per heavy atom. The molecule has 1 N–H and O–H groups in total. The molecule has 1 atom stereocenters. The average molecular weight is 327 g/mol. The van der Waals surface area contributed by atoms with Gasteiger partial charge in [-0.1, -0.05) is 11.6 Å². The van der Waals surface area contributed by atoms with Gasteiger partial charge in [0.1, 0.15) is 0 Å². The van der Waals surface area contributed by atoms with E-state index in [1.165, 1.54) is 11.3 Å². The minimum atomic E-state index is 0.00394. The summed E-state index contributed by atoms with van der Waals surface area (Å²) in [6, 6.07) is 3.80. The van der Waals surface area contributed by atoms with Crippen LogP contribution in [0, 0.1) is 0 Å². The molecule has 0 aliphatic rings. The van der Waals surface area contributed by atoms with Crippen LogP contribution in [0.4, 0.5) is 0 Å². The van der Waals surface area contributed by atoms with Crippen LogP contribution in [0.2, 0.25) is 4.34 Å². The molecule has 0 saturated heterocycles. The molecular formula is C14H19ClN4OS. The maximum absolute atomic E-state index is 12.0. The van der Waals surface area contributed by atoms with Crippen molar-refractivity contribution in [2.75, 3.05) is 20.6 Å². The highest BCUT2D eigenvalue weighted by atomic mass is 35.5. The van der Waals surface area contributed by atoms with E-state index in [0.29, 0.717) is 17.3 Å². The molecule has 0 aliphatic carbocycles. The van der Waals surface area contributed by atoms with Crippen LogP contribution in [-0.2, 0) is 18.3 Å². The van der Waals surface area contributed by atoms with Crippen LogP contribution < -0.4 is 5.32 Å². The number of aryl methyl sites for hydroxylation is 1. The van der Waals surface area contributed by atoms with Crippen molar-refractivity contribution < 1.29 is 4.79 Å². The molecule has 2 aromatic rings. The van der Waals surface area contributed by atoms with Gasteiger partial charge in [-0.05, 0) is 26.2 Å². The summed E-state index contributed by atoms with van der Waals surface area (Å²) in [7, 11) is 5.86. The molecular weight excluding hydrogens is 308 g/mol. The highest BCUT2D eigenvalue weighted by molar-refractivity contribution is 7.16. The van der Waals surface area contributed by atoms with Crippen molar-refractivity contribution in [3.05, 3.63) is 39.3 Å². The third-order valence-electron chi connectivity index (χ3n) is 3.19. The highest BCUT2D eigenvalue weighted by Gasteiger charge is 2.17. The predicted molar refractivity (Wildman–Crippen MR) is 85.7 cm³/mol. The summed E-state index contributed by atoms with van der Waals surface area (Å²) in [4.78, 5) is 15.0. The number of nitrogens with zero attached hydrogens (tertiary/aromatic N) is 3. The standard InChI is InChI=1S/C14H19ClN4OS/c1-18(2)12(10-7-17-19(3)9-10)8-16-14(20)6-11-4-5-13(15)21-11/h4-5,7,9,12H,6,8H2,1-3H3,(H,16,20). The Morgan fingerprint density at radius 3 is 2.81 bits per heavy atom. The number of amides is 1. The Labute approximate surface area is 133 Å². The Hall–Kier alpha value is -1.37. The number of likely N-dealkylation sites (N-methyl/N-ethyl adjacent to an activating group) is 1. The number of aromatic nitrogens is 2. The molecule has 114 valence electrons. The van der Waals surface area contributed by atoms with E-state index in [4.69, 9.17) is 11.6 Å². The van der Waals surface area contributed by atoms with Crippen molar-refractivity contribution in [1.29, 1.82) is 0 Å². The van der Waals surface area contributed by atoms with E-state index in [0.717, 1.165) is 10.4 Å². The van der Waals surface area contributed by atoms with Gasteiger partial charge in [0, 0.05) is 30.2 Å². The van der Waals surface area contributed by atoms with Gasteiger partial charge < -0.3 is 10.2 Å². The van der Waals surface area contributed by atoms with Crippen molar-refractivity contribution >= 4 is 28.8 Å². The van der Waals surface area contributed by atoms with Gasteiger partial charge in [-0.3, -0.25) is 9.48 Å². The van der Waals surface area contributed by atoms with Gasteiger partial charge in [0.15, 0.2) is 0 Å². The molecule has 0 fully saturated rings. The summed E-state index contributed by atoms with van der Waals surface area (Å²) in [6.07, 6.45) is 4.16. The third kappa shape index (κ3) is 4.56. The summed E-state index contributed by atoms with van der Waals surface area (Å²) < 4.78 is 2.47. The van der Waals surface area contributed by atoms with E-state index in [-0.39, 0.29) is 11.9 Å². The molecule has 21 heavy (non-hydrogen) atoms. The first-order valence-electron chi connectivity index (χ1n) is 6.61. The van der Waals surface area contributed by atoms with E-state index in [1.807, 2.05) is 45.7 Å². The first-order valence-corrected chi connectivity index (χ1v) is 7.81. The molecule has 7 heteroatoms. The minimum absolute atomic E-state index is 0.00394. The number of halogens is 1. The Bertz CT molecular complexity index is 608. The highest BCUT2D eigenvalue weighted by Crippen LogP contribution is 2.22. The lowest BCUT2D eigenvalue weighted by Gasteiger charge is -2.23. The van der Waals surface area contributed by atoms with Crippen molar-refractivity contribution in [2.24, 2.45) is 7.05 Å². The van der Waals surface area contributed by atoms with Gasteiger partial charge in [0.25, 0.3) is 0 Å². The van der Waals surface area contributed by atoms with Gasteiger partial charge in [-0.25, -0.2) is 0 Å². The lowest BCUT2D eigenvalue weighted by molar-refractivity contribution is -0.120. The monoisotopic (exact) mass is 326 g/mol. The van der Waals surface area contributed by atoms with Gasteiger partial charge in [-0.15, -0.1) is 11.3 Å². The van der Waals surface area contributed by atoms with E-state index >= 15 is 0 Å². The van der Waals surface area contributed by atoms with Gasteiger partial charge >= 0.3 is 0 Å². The molecule has 0 aliphatic heterocycles. The van der Waals surface area contributed by atoms with Gasteiger partial charge in [0.05, 0.1) is 23.0 Å². The summed E-state index contributed by atoms with van der Waals surface area (Å²) in [6.45, 7) is 0.552. The fourth-order valence-electron chi connectivity index (χ4n) is 2.09. The average Bonchev–Trinajstić information content (AvgIpc) is 2.98. The van der Waals surface area contributed by atoms with Crippen molar-refractivity contribution in [1.82, 2.24) is 20.0 Å². The van der Waals surface area contributed by atoms with Crippen LogP contribution in [0.5, 0.6) is 0 Å². The molecule has 1 unspecified atom stereocenters. The van der Waals surface area contributed by atoms with Crippen LogP contribution in [0.3, 0.4) is 0 Å². The molecule has 0 bridgehead atoms. The van der Waals surface area contributed by atoms with Crippen LogP contribution >= 0.6 is 22.9 Å². The van der Waals surface area contributed by atoms with Crippen molar-refractivity contribution in [2.45, 2.75) is 12.5 Å². The second-order valence-electron chi connectivity index (χ2n) is 5.11. The molecule has 2 aromatic heterocycles. The van der Waals surface area contributed by atoms with Gasteiger partial charge in [0.2, 0.25) is 5.91 Å². The topological polar surface area (TPSA) is 50.2 Å². The summed E-state index contributed by atoms with van der Waals surface area (Å²) >= 11 is 7.30. The lowest BCUT2D eigenvalue weighted by Crippen LogP contribution is -2.35. The largest absolute Gasteiger partial charge is 0.354 e. The summed E-state index contributed by atoms with van der Waals surface area (Å²) in [5.41, 5.74) is 1.09. The first kappa shape index (κ1) is 16.0. The number of thiophene rings is 1. The molecule has 5 nitrogen and oxygen atoms in total. The Balaban J connectivity index is 1.91. The molecule has 2 heterocycles. The normalized spacial score (nSPS) is 12.6. The number of carbonyl (C=O) groups is 1. The maximum atomic E-state index is 12.0. The maximum Gasteiger partial charge on any atom is 0.225 e. The van der Waals surface area contributed by atoms with Crippen LogP contribution in [-0.4, -0.2) is 41.2 Å². The van der Waals surface area contributed by atoms with E-state index < -0.39 is 0 Å². The zero-order chi connectivity index (χ0) is 15.4. The zero-order valence-corrected chi connectivity index (χ0v) is 13.9. The predicted octanol–water partition coefficient (Wildman–Crippen LogP) is 2.10. The molecule has 0 radical (unpaired) electrons. The summed E-state index contributed by atoms with van der Waals surface area (Å²) in [5.74, 6) is 0.00394. The minimum Gasteiger partial charge on any atom is -0.354 e. The fraction of sp³-hybridized carbons (Fsp3) is 0.429. The second kappa shape index (κ2) is 7.06. The number of hydrogen-bond acceptors (Lipinski definition) is 4. The number of carbonyl (C=O) groups excluding carboxylic acids is 1. The Kier molecular flexibility index (Phi) is 5.39. The Morgan fingerprint density at radius 2 is 2.29 bits per heavy atom. The number of hydrogen-bond donors (Lipinski definition) is 1. The van der Waals surface area contributed by atoms with Crippen molar-refractivity contribution in [3.8, 4) is 0 Å². The van der Waals surface area contributed by atoms with Gasteiger partial charge in [-0.2, -0.15) is 5.10 Å². The first-order chi connectivity index (χ1) is 9.95. The van der Waals surface area contributed by atoms with Crippen LogP contribution in [0.1, 0.15) is 16.5 Å². The molecule has 1 amide bonds. The fourth-order valence-corrected chi connectivity index (χ4v) is 3.17. The zero-order valence-electron chi connectivity index (χ0n) is 12.3. The van der Waals surface area contributed by atoms with Crippen molar-refractivity contribution in [3.63, 3.8) is 0 Å². The quantitative estimate of drug-likeness (QED) is 0.884. The van der Waals surface area contributed by atoms with Crippen LogP contribution in [0.25, 0.3) is 0 Å². The SMILES string of the molecule is CN(C)C(CNC(=O)Cc1ccc(Cl)s1)c1cnn(C)c1. The molecule has 0 saturated carbocycles. The second-order valence-corrected chi connectivity index (χ2v) is 6.91. The molecule has 2 rings (SSSR count).